The Balaban J connectivity index is 2.61. The second-order valence-corrected chi connectivity index (χ2v) is 3.02. The van der Waals surface area contributed by atoms with Gasteiger partial charge < -0.3 is 10.2 Å². The summed E-state index contributed by atoms with van der Waals surface area (Å²) in [5.74, 6) is -0.900. The van der Waals surface area contributed by atoms with Crippen molar-refractivity contribution < 1.29 is 13.6 Å². The minimum absolute atomic E-state index is 0.00602. The first-order chi connectivity index (χ1) is 6.68. The predicted molar refractivity (Wildman–Crippen MR) is 49.1 cm³/mol. The molecule has 1 heterocycles. The Morgan fingerprint density at radius 3 is 3.00 bits per heavy atom. The average Bonchev–Trinajstić information content (AvgIpc) is 2.49. The van der Waals surface area contributed by atoms with E-state index in [2.05, 4.69) is 0 Å². The summed E-state index contributed by atoms with van der Waals surface area (Å²) < 4.78 is 18.4. The van der Waals surface area contributed by atoms with Crippen molar-refractivity contribution in [2.75, 3.05) is 0 Å². The molecular weight excluding hydrogens is 185 g/mol. The first-order valence-electron chi connectivity index (χ1n) is 4.11. The number of rotatable bonds is 2. The van der Waals surface area contributed by atoms with Crippen LogP contribution >= 0.6 is 0 Å². The molecule has 2 rings (SSSR count). The number of fused-ring (bicyclic) bond motifs is 1. The standard InChI is InChI=1S/C10H8FNO2/c11-7-2-1-3-8-10(7)6(5-14-8)4-9(12)13/h1-3,5H,4H2,(H2,12,13). The molecule has 0 spiro atoms. The minimum Gasteiger partial charge on any atom is -0.464 e. The molecule has 2 N–H and O–H groups in total. The molecular formula is C10H8FNO2. The Bertz CT molecular complexity index is 490. The molecule has 1 amide bonds. The summed E-state index contributed by atoms with van der Waals surface area (Å²) in [6.07, 6.45) is 1.35. The number of halogens is 1. The maximum atomic E-state index is 13.3. The van der Waals surface area contributed by atoms with Gasteiger partial charge in [0.05, 0.1) is 18.1 Å². The highest BCUT2D eigenvalue weighted by Crippen LogP contribution is 2.24. The number of benzene rings is 1. The highest BCUT2D eigenvalue weighted by atomic mass is 19.1. The molecule has 0 fully saturated rings. The third kappa shape index (κ3) is 1.35. The van der Waals surface area contributed by atoms with E-state index in [-0.39, 0.29) is 6.42 Å². The number of hydrogen-bond donors (Lipinski definition) is 1. The number of amides is 1. The van der Waals surface area contributed by atoms with E-state index < -0.39 is 11.7 Å². The second kappa shape index (κ2) is 3.14. The van der Waals surface area contributed by atoms with Crippen LogP contribution in [0, 0.1) is 5.82 Å². The van der Waals surface area contributed by atoms with Gasteiger partial charge in [-0.3, -0.25) is 4.79 Å². The third-order valence-electron chi connectivity index (χ3n) is 1.99. The Morgan fingerprint density at radius 2 is 2.29 bits per heavy atom. The van der Waals surface area contributed by atoms with Crippen LogP contribution < -0.4 is 5.73 Å². The number of carbonyl (C=O) groups excluding carboxylic acids is 1. The molecule has 1 aromatic heterocycles. The molecule has 14 heavy (non-hydrogen) atoms. The summed E-state index contributed by atoms with van der Waals surface area (Å²) in [5, 5.41) is 0.339. The molecule has 4 heteroatoms. The van der Waals surface area contributed by atoms with Crippen LogP contribution in [0.3, 0.4) is 0 Å². The van der Waals surface area contributed by atoms with Crippen LogP contribution in [-0.2, 0) is 11.2 Å². The fraction of sp³-hybridized carbons (Fsp3) is 0.100. The smallest absolute Gasteiger partial charge is 0.221 e. The van der Waals surface area contributed by atoms with Crippen LogP contribution in [0.15, 0.2) is 28.9 Å². The molecule has 0 radical (unpaired) electrons. The van der Waals surface area contributed by atoms with Gasteiger partial charge in [-0.2, -0.15) is 0 Å². The number of nitrogens with two attached hydrogens (primary N) is 1. The summed E-state index contributed by atoms with van der Waals surface area (Å²) in [5.41, 5.74) is 5.94. The number of furan rings is 1. The van der Waals surface area contributed by atoms with Crippen molar-refractivity contribution in [2.45, 2.75) is 6.42 Å². The topological polar surface area (TPSA) is 56.2 Å². The summed E-state index contributed by atoms with van der Waals surface area (Å²) in [6, 6.07) is 4.51. The number of primary amides is 1. The summed E-state index contributed by atoms with van der Waals surface area (Å²) in [4.78, 5) is 10.7. The first kappa shape index (κ1) is 8.74. The fourth-order valence-electron chi connectivity index (χ4n) is 1.43. The lowest BCUT2D eigenvalue weighted by Gasteiger charge is -1.94. The molecule has 0 bridgehead atoms. The Kier molecular flexibility index (Phi) is 1.96. The van der Waals surface area contributed by atoms with Gasteiger partial charge in [-0.1, -0.05) is 6.07 Å². The third-order valence-corrected chi connectivity index (χ3v) is 1.99. The van der Waals surface area contributed by atoms with Crippen LogP contribution in [0.25, 0.3) is 11.0 Å². The van der Waals surface area contributed by atoms with Gasteiger partial charge in [-0.25, -0.2) is 4.39 Å². The summed E-state index contributed by atoms with van der Waals surface area (Å²) in [7, 11) is 0. The highest BCUT2D eigenvalue weighted by molar-refractivity contribution is 5.87. The lowest BCUT2D eigenvalue weighted by atomic mass is 10.1. The molecule has 0 aliphatic heterocycles. The Hall–Kier alpha value is -1.84. The van der Waals surface area contributed by atoms with E-state index >= 15 is 0 Å². The van der Waals surface area contributed by atoms with E-state index in [1.54, 1.807) is 12.1 Å². The lowest BCUT2D eigenvalue weighted by Crippen LogP contribution is -2.13. The van der Waals surface area contributed by atoms with Gasteiger partial charge in [0.25, 0.3) is 0 Å². The fourth-order valence-corrected chi connectivity index (χ4v) is 1.43. The Labute approximate surface area is 79.3 Å². The van der Waals surface area contributed by atoms with Gasteiger partial charge in [0.15, 0.2) is 0 Å². The van der Waals surface area contributed by atoms with Crippen molar-refractivity contribution in [1.82, 2.24) is 0 Å². The van der Waals surface area contributed by atoms with E-state index in [0.29, 0.717) is 16.5 Å². The van der Waals surface area contributed by atoms with Crippen LogP contribution in [0.2, 0.25) is 0 Å². The molecule has 0 saturated heterocycles. The highest BCUT2D eigenvalue weighted by Gasteiger charge is 2.11. The molecule has 0 atom stereocenters. The van der Waals surface area contributed by atoms with Gasteiger partial charge >= 0.3 is 0 Å². The van der Waals surface area contributed by atoms with E-state index in [0.717, 1.165) is 0 Å². The molecule has 0 aliphatic rings. The maximum absolute atomic E-state index is 13.3. The van der Waals surface area contributed by atoms with E-state index in [9.17, 15) is 9.18 Å². The Morgan fingerprint density at radius 1 is 1.50 bits per heavy atom. The van der Waals surface area contributed by atoms with Crippen LogP contribution in [0.4, 0.5) is 4.39 Å². The van der Waals surface area contributed by atoms with E-state index in [1.165, 1.54) is 12.3 Å². The van der Waals surface area contributed by atoms with Crippen LogP contribution in [0.5, 0.6) is 0 Å². The normalized spacial score (nSPS) is 10.6. The molecule has 2 aromatic rings. The molecule has 72 valence electrons. The predicted octanol–water partition coefficient (Wildman–Crippen LogP) is 1.60. The minimum atomic E-state index is -0.504. The van der Waals surface area contributed by atoms with Gasteiger partial charge in [-0.05, 0) is 12.1 Å². The number of carbonyl (C=O) groups is 1. The molecule has 1 aromatic carbocycles. The van der Waals surface area contributed by atoms with Crippen molar-refractivity contribution >= 4 is 16.9 Å². The summed E-state index contributed by atoms with van der Waals surface area (Å²) >= 11 is 0. The van der Waals surface area contributed by atoms with Crippen molar-refractivity contribution in [3.05, 3.63) is 35.8 Å². The van der Waals surface area contributed by atoms with Crippen molar-refractivity contribution in [3.63, 3.8) is 0 Å². The van der Waals surface area contributed by atoms with Gasteiger partial charge in [-0.15, -0.1) is 0 Å². The zero-order valence-corrected chi connectivity index (χ0v) is 7.29. The monoisotopic (exact) mass is 193 g/mol. The van der Waals surface area contributed by atoms with Gasteiger partial charge in [0.2, 0.25) is 5.91 Å². The molecule has 0 unspecified atom stereocenters. The van der Waals surface area contributed by atoms with Gasteiger partial charge in [0, 0.05) is 5.56 Å². The van der Waals surface area contributed by atoms with Crippen molar-refractivity contribution in [2.24, 2.45) is 5.73 Å². The maximum Gasteiger partial charge on any atom is 0.221 e. The largest absolute Gasteiger partial charge is 0.464 e. The van der Waals surface area contributed by atoms with Crippen LogP contribution in [-0.4, -0.2) is 5.91 Å². The zero-order chi connectivity index (χ0) is 10.1. The van der Waals surface area contributed by atoms with Gasteiger partial charge in [0.1, 0.15) is 11.4 Å². The summed E-state index contributed by atoms with van der Waals surface area (Å²) in [6.45, 7) is 0. The second-order valence-electron chi connectivity index (χ2n) is 3.02. The molecule has 3 nitrogen and oxygen atoms in total. The molecule has 0 aliphatic carbocycles. The average molecular weight is 193 g/mol. The van der Waals surface area contributed by atoms with Crippen molar-refractivity contribution in [3.8, 4) is 0 Å². The van der Waals surface area contributed by atoms with E-state index in [1.807, 2.05) is 0 Å². The quantitative estimate of drug-likeness (QED) is 0.787. The van der Waals surface area contributed by atoms with Crippen LogP contribution in [0.1, 0.15) is 5.56 Å². The molecule has 0 saturated carbocycles. The number of hydrogen-bond acceptors (Lipinski definition) is 2. The lowest BCUT2D eigenvalue weighted by molar-refractivity contribution is -0.117. The van der Waals surface area contributed by atoms with E-state index in [4.69, 9.17) is 10.2 Å². The van der Waals surface area contributed by atoms with Crippen molar-refractivity contribution in [1.29, 1.82) is 0 Å². The SMILES string of the molecule is NC(=O)Cc1coc2cccc(F)c12. The zero-order valence-electron chi connectivity index (χ0n) is 7.29. The first-order valence-corrected chi connectivity index (χ1v) is 4.11.